The Hall–Kier alpha value is -1.81. The molecule has 0 saturated heterocycles. The van der Waals surface area contributed by atoms with E-state index in [1.54, 1.807) is 26.8 Å². The predicted molar refractivity (Wildman–Crippen MR) is 110 cm³/mol. The standard InChI is InChI=1S/C18H23ClN2O5S2/c1-4-21(5-2)28(24,25)16-10-11-18(26-6-3)17(13-16)20-27(22,23)15-9-7-8-14(19)12-15/h7-13,20H,4-6H2,1-3H3. The smallest absolute Gasteiger partial charge is 0.262 e. The largest absolute Gasteiger partial charge is 0.492 e. The van der Waals surface area contributed by atoms with E-state index < -0.39 is 20.0 Å². The van der Waals surface area contributed by atoms with Gasteiger partial charge in [0.1, 0.15) is 5.75 Å². The molecule has 2 rings (SSSR count). The molecule has 2 aromatic carbocycles. The summed E-state index contributed by atoms with van der Waals surface area (Å²) in [6.45, 7) is 6.10. The maximum absolute atomic E-state index is 12.8. The van der Waals surface area contributed by atoms with E-state index >= 15 is 0 Å². The number of halogens is 1. The molecule has 0 radical (unpaired) electrons. The van der Waals surface area contributed by atoms with Crippen molar-refractivity contribution in [2.45, 2.75) is 30.6 Å². The second kappa shape index (κ2) is 9.13. The summed E-state index contributed by atoms with van der Waals surface area (Å²) in [6, 6.07) is 9.88. The van der Waals surface area contributed by atoms with Crippen LogP contribution in [0.3, 0.4) is 0 Å². The van der Waals surface area contributed by atoms with Crippen LogP contribution in [0.1, 0.15) is 20.8 Å². The average Bonchev–Trinajstić information content (AvgIpc) is 2.64. The van der Waals surface area contributed by atoms with E-state index in [-0.39, 0.29) is 32.9 Å². The Bertz CT molecular complexity index is 1040. The molecular weight excluding hydrogens is 424 g/mol. The zero-order valence-electron chi connectivity index (χ0n) is 15.8. The minimum atomic E-state index is -3.99. The number of benzene rings is 2. The molecule has 7 nitrogen and oxygen atoms in total. The van der Waals surface area contributed by atoms with Gasteiger partial charge in [0.15, 0.2) is 0 Å². The fourth-order valence-corrected chi connectivity index (χ4v) is 5.43. The Kier molecular flexibility index (Phi) is 7.33. The molecule has 0 bridgehead atoms. The quantitative estimate of drug-likeness (QED) is 0.635. The van der Waals surface area contributed by atoms with Gasteiger partial charge in [0, 0.05) is 18.1 Å². The molecule has 0 amide bonds. The highest BCUT2D eigenvalue weighted by Crippen LogP contribution is 2.31. The molecule has 0 spiro atoms. The third-order valence-electron chi connectivity index (χ3n) is 3.94. The van der Waals surface area contributed by atoms with Crippen LogP contribution in [-0.2, 0) is 20.0 Å². The minimum Gasteiger partial charge on any atom is -0.492 e. The van der Waals surface area contributed by atoms with Crippen LogP contribution < -0.4 is 9.46 Å². The van der Waals surface area contributed by atoms with Gasteiger partial charge in [-0.15, -0.1) is 0 Å². The van der Waals surface area contributed by atoms with E-state index in [1.807, 2.05) is 0 Å². The fraction of sp³-hybridized carbons (Fsp3) is 0.333. The van der Waals surface area contributed by atoms with Crippen LogP contribution in [0.2, 0.25) is 5.02 Å². The van der Waals surface area contributed by atoms with Gasteiger partial charge in [-0.3, -0.25) is 4.72 Å². The van der Waals surface area contributed by atoms with Crippen LogP contribution in [0.5, 0.6) is 5.75 Å². The van der Waals surface area contributed by atoms with Gasteiger partial charge in [0.25, 0.3) is 10.0 Å². The van der Waals surface area contributed by atoms with E-state index in [9.17, 15) is 16.8 Å². The van der Waals surface area contributed by atoms with Crippen LogP contribution >= 0.6 is 11.6 Å². The monoisotopic (exact) mass is 446 g/mol. The van der Waals surface area contributed by atoms with Gasteiger partial charge in [-0.05, 0) is 43.3 Å². The molecule has 154 valence electrons. The van der Waals surface area contributed by atoms with Gasteiger partial charge in [-0.2, -0.15) is 4.31 Å². The first-order valence-corrected chi connectivity index (χ1v) is 12.0. The Morgan fingerprint density at radius 3 is 2.21 bits per heavy atom. The zero-order valence-corrected chi connectivity index (χ0v) is 18.2. The lowest BCUT2D eigenvalue weighted by molar-refractivity contribution is 0.341. The van der Waals surface area contributed by atoms with Gasteiger partial charge < -0.3 is 4.74 Å². The lowest BCUT2D eigenvalue weighted by atomic mass is 10.3. The normalized spacial score (nSPS) is 12.2. The van der Waals surface area contributed by atoms with Gasteiger partial charge in [0.2, 0.25) is 10.0 Å². The Morgan fingerprint density at radius 1 is 0.964 bits per heavy atom. The minimum absolute atomic E-state index is 0.0246. The number of anilines is 1. The molecule has 28 heavy (non-hydrogen) atoms. The van der Waals surface area contributed by atoms with Crippen molar-refractivity contribution in [1.29, 1.82) is 0 Å². The van der Waals surface area contributed by atoms with Crippen LogP contribution in [0.15, 0.2) is 52.3 Å². The highest BCUT2D eigenvalue weighted by atomic mass is 35.5. The molecule has 1 N–H and O–H groups in total. The summed E-state index contributed by atoms with van der Waals surface area (Å²) in [5, 5.41) is 0.269. The van der Waals surface area contributed by atoms with Gasteiger partial charge in [-0.1, -0.05) is 31.5 Å². The maximum Gasteiger partial charge on any atom is 0.262 e. The third-order valence-corrected chi connectivity index (χ3v) is 7.59. The number of rotatable bonds is 9. The van der Waals surface area contributed by atoms with Crippen LogP contribution in [0.4, 0.5) is 5.69 Å². The average molecular weight is 447 g/mol. The number of hydrogen-bond acceptors (Lipinski definition) is 5. The van der Waals surface area contributed by atoms with E-state index in [0.29, 0.717) is 13.1 Å². The first kappa shape index (κ1) is 22.5. The number of hydrogen-bond donors (Lipinski definition) is 1. The van der Waals surface area contributed by atoms with Crippen molar-refractivity contribution in [3.8, 4) is 5.75 Å². The van der Waals surface area contributed by atoms with Crippen molar-refractivity contribution in [2.75, 3.05) is 24.4 Å². The van der Waals surface area contributed by atoms with E-state index in [2.05, 4.69) is 4.72 Å². The number of sulfonamides is 2. The van der Waals surface area contributed by atoms with Crippen molar-refractivity contribution >= 4 is 37.3 Å². The highest BCUT2D eigenvalue weighted by molar-refractivity contribution is 7.92. The summed E-state index contributed by atoms with van der Waals surface area (Å²) in [5.74, 6) is 0.228. The van der Waals surface area contributed by atoms with Crippen molar-refractivity contribution in [2.24, 2.45) is 0 Å². The lowest BCUT2D eigenvalue weighted by Gasteiger charge is -2.20. The first-order chi connectivity index (χ1) is 13.2. The van der Waals surface area contributed by atoms with Gasteiger partial charge in [-0.25, -0.2) is 16.8 Å². The fourth-order valence-electron chi connectivity index (χ4n) is 2.58. The molecule has 10 heteroatoms. The van der Waals surface area contributed by atoms with Crippen molar-refractivity contribution in [3.63, 3.8) is 0 Å². The summed E-state index contributed by atoms with van der Waals surface area (Å²) in [6.07, 6.45) is 0. The highest BCUT2D eigenvalue weighted by Gasteiger charge is 2.24. The molecule has 0 aliphatic carbocycles. The third kappa shape index (κ3) is 4.96. The molecule has 0 aliphatic heterocycles. The topological polar surface area (TPSA) is 92.8 Å². The predicted octanol–water partition coefficient (Wildman–Crippen LogP) is 3.57. The van der Waals surface area contributed by atoms with Gasteiger partial charge >= 0.3 is 0 Å². The molecule has 0 fully saturated rings. The Labute approximate surface area is 171 Å². The van der Waals surface area contributed by atoms with Crippen LogP contribution in [-0.4, -0.2) is 40.8 Å². The van der Waals surface area contributed by atoms with Crippen molar-refractivity contribution in [3.05, 3.63) is 47.5 Å². The maximum atomic E-state index is 12.8. The molecule has 0 aliphatic rings. The lowest BCUT2D eigenvalue weighted by Crippen LogP contribution is -2.30. The SMILES string of the molecule is CCOc1ccc(S(=O)(=O)N(CC)CC)cc1NS(=O)(=O)c1cccc(Cl)c1. The molecule has 0 atom stereocenters. The number of nitrogens with one attached hydrogen (secondary N) is 1. The molecule has 2 aromatic rings. The van der Waals surface area contributed by atoms with E-state index in [4.69, 9.17) is 16.3 Å². The summed E-state index contributed by atoms with van der Waals surface area (Å²) in [4.78, 5) is -0.0668. The summed E-state index contributed by atoms with van der Waals surface area (Å²) < 4.78 is 60.2. The van der Waals surface area contributed by atoms with Gasteiger partial charge in [0.05, 0.1) is 22.1 Å². The van der Waals surface area contributed by atoms with E-state index in [0.717, 1.165) is 0 Å². The number of ether oxygens (including phenoxy) is 1. The van der Waals surface area contributed by atoms with Crippen LogP contribution in [0.25, 0.3) is 0 Å². The van der Waals surface area contributed by atoms with Crippen molar-refractivity contribution < 1.29 is 21.6 Å². The van der Waals surface area contributed by atoms with Crippen molar-refractivity contribution in [1.82, 2.24) is 4.31 Å². The number of nitrogens with zero attached hydrogens (tertiary/aromatic N) is 1. The second-order valence-electron chi connectivity index (χ2n) is 5.74. The molecule has 0 saturated carbocycles. The molecule has 0 aromatic heterocycles. The Balaban J connectivity index is 2.52. The zero-order chi connectivity index (χ0) is 20.9. The summed E-state index contributed by atoms with van der Waals surface area (Å²) in [5.41, 5.74) is 0.0371. The molecule has 0 heterocycles. The second-order valence-corrected chi connectivity index (χ2v) is 9.80. The first-order valence-electron chi connectivity index (χ1n) is 8.71. The Morgan fingerprint density at radius 2 is 1.64 bits per heavy atom. The summed E-state index contributed by atoms with van der Waals surface area (Å²) >= 11 is 5.88. The van der Waals surface area contributed by atoms with Crippen LogP contribution in [0, 0.1) is 0 Å². The summed E-state index contributed by atoms with van der Waals surface area (Å²) in [7, 11) is -7.75. The van der Waals surface area contributed by atoms with E-state index in [1.165, 1.54) is 40.7 Å². The molecule has 0 unspecified atom stereocenters. The molecular formula is C18H23ClN2O5S2.